The third-order valence-corrected chi connectivity index (χ3v) is 5.96. The summed E-state index contributed by atoms with van der Waals surface area (Å²) in [7, 11) is 0. The third kappa shape index (κ3) is 7.70. The Morgan fingerprint density at radius 1 is 1.00 bits per heavy atom. The van der Waals surface area contributed by atoms with Gasteiger partial charge in [-0.25, -0.2) is 0 Å². The molecule has 2 aliphatic rings. The fraction of sp³-hybridized carbons (Fsp3) is 0.696. The molecule has 156 valence electrons. The highest BCUT2D eigenvalue weighted by Gasteiger charge is 2.28. The lowest BCUT2D eigenvalue weighted by Gasteiger charge is -2.20. The second-order valence-corrected chi connectivity index (χ2v) is 8.23. The van der Waals surface area contributed by atoms with Crippen LogP contribution >= 0.6 is 0 Å². The number of carbonyl (C=O) groups is 3. The SMILES string of the molecule is O=C(O)CCCCCCC1=C(C=CC(=O)CCC2CCCCC2)C(O)CC1=O. The molecule has 5 heteroatoms. The van der Waals surface area contributed by atoms with Gasteiger partial charge in [0, 0.05) is 24.8 Å². The molecule has 0 radical (unpaired) electrons. The van der Waals surface area contributed by atoms with Crippen molar-refractivity contribution < 1.29 is 24.6 Å². The van der Waals surface area contributed by atoms with Crippen molar-refractivity contribution in [3.8, 4) is 0 Å². The standard InChI is InChI=1S/C23H34O5/c24-18(13-12-17-8-4-3-5-9-17)14-15-20-19(21(25)16-22(20)26)10-6-1-2-7-11-23(27)28/h14-15,17,22,26H,1-13,16H2,(H,27,28). The van der Waals surface area contributed by atoms with E-state index in [0.29, 0.717) is 36.3 Å². The van der Waals surface area contributed by atoms with Gasteiger partial charge in [-0.3, -0.25) is 14.4 Å². The van der Waals surface area contributed by atoms with Gasteiger partial charge in [-0.15, -0.1) is 0 Å². The molecule has 0 aliphatic heterocycles. The van der Waals surface area contributed by atoms with Crippen LogP contribution in [-0.4, -0.2) is 33.9 Å². The van der Waals surface area contributed by atoms with E-state index in [1.165, 1.54) is 38.2 Å². The second-order valence-electron chi connectivity index (χ2n) is 8.23. The molecule has 1 saturated carbocycles. The molecule has 2 rings (SSSR count). The molecule has 0 bridgehead atoms. The minimum atomic E-state index is -0.808. The number of unbranched alkanes of at least 4 members (excludes halogenated alkanes) is 3. The number of ketones is 2. The molecule has 1 unspecified atom stereocenters. The number of carbonyl (C=O) groups excluding carboxylic acids is 2. The van der Waals surface area contributed by atoms with E-state index in [2.05, 4.69) is 0 Å². The van der Waals surface area contributed by atoms with Crippen molar-refractivity contribution in [2.45, 2.75) is 96.0 Å². The van der Waals surface area contributed by atoms with Gasteiger partial charge in [0.25, 0.3) is 0 Å². The Balaban J connectivity index is 1.80. The first kappa shape index (κ1) is 22.5. The van der Waals surface area contributed by atoms with Crippen molar-refractivity contribution in [3.63, 3.8) is 0 Å². The number of allylic oxidation sites excluding steroid dienone is 2. The summed E-state index contributed by atoms with van der Waals surface area (Å²) in [5.41, 5.74) is 1.24. The van der Waals surface area contributed by atoms with Gasteiger partial charge in [0.15, 0.2) is 11.6 Å². The third-order valence-electron chi connectivity index (χ3n) is 5.96. The van der Waals surface area contributed by atoms with E-state index in [1.807, 2.05) is 0 Å². The number of rotatable bonds is 12. The van der Waals surface area contributed by atoms with Crippen LogP contribution in [0.1, 0.15) is 89.9 Å². The largest absolute Gasteiger partial charge is 0.481 e. The Morgan fingerprint density at radius 3 is 2.43 bits per heavy atom. The lowest BCUT2D eigenvalue weighted by molar-refractivity contribution is -0.137. The Bertz CT molecular complexity index is 610. The van der Waals surface area contributed by atoms with Gasteiger partial charge in [0.05, 0.1) is 6.10 Å². The molecule has 1 fully saturated rings. The van der Waals surface area contributed by atoms with Crippen LogP contribution in [0.2, 0.25) is 0 Å². The van der Waals surface area contributed by atoms with E-state index < -0.39 is 12.1 Å². The molecule has 0 heterocycles. The van der Waals surface area contributed by atoms with Crippen molar-refractivity contribution in [1.29, 1.82) is 0 Å². The summed E-state index contributed by atoms with van der Waals surface area (Å²) >= 11 is 0. The zero-order valence-electron chi connectivity index (χ0n) is 16.8. The Kier molecular flexibility index (Phi) is 9.62. The summed E-state index contributed by atoms with van der Waals surface area (Å²) in [4.78, 5) is 34.9. The maximum Gasteiger partial charge on any atom is 0.303 e. The minimum Gasteiger partial charge on any atom is -0.481 e. The monoisotopic (exact) mass is 390 g/mol. The number of carboxylic acid groups (broad SMARTS) is 1. The quantitative estimate of drug-likeness (QED) is 0.377. The van der Waals surface area contributed by atoms with E-state index in [-0.39, 0.29) is 24.4 Å². The Morgan fingerprint density at radius 2 is 1.71 bits per heavy atom. The van der Waals surface area contributed by atoms with Crippen LogP contribution in [0.15, 0.2) is 23.3 Å². The lowest BCUT2D eigenvalue weighted by Crippen LogP contribution is -2.08. The van der Waals surface area contributed by atoms with Crippen molar-refractivity contribution in [3.05, 3.63) is 23.3 Å². The van der Waals surface area contributed by atoms with Crippen LogP contribution in [-0.2, 0) is 14.4 Å². The highest BCUT2D eigenvalue weighted by Crippen LogP contribution is 2.30. The smallest absolute Gasteiger partial charge is 0.303 e. The number of hydrogen-bond acceptors (Lipinski definition) is 4. The minimum absolute atomic E-state index is 0.0349. The van der Waals surface area contributed by atoms with Crippen molar-refractivity contribution in [1.82, 2.24) is 0 Å². The van der Waals surface area contributed by atoms with Crippen LogP contribution in [0.3, 0.4) is 0 Å². The van der Waals surface area contributed by atoms with E-state index in [0.717, 1.165) is 25.7 Å². The van der Waals surface area contributed by atoms with Crippen molar-refractivity contribution >= 4 is 17.5 Å². The average molecular weight is 391 g/mol. The van der Waals surface area contributed by atoms with Crippen molar-refractivity contribution in [2.24, 2.45) is 5.92 Å². The molecular weight excluding hydrogens is 356 g/mol. The molecule has 0 spiro atoms. The zero-order valence-corrected chi connectivity index (χ0v) is 16.8. The molecule has 0 aromatic rings. The highest BCUT2D eigenvalue weighted by atomic mass is 16.4. The molecule has 1 atom stereocenters. The molecular formula is C23H34O5. The summed E-state index contributed by atoms with van der Waals surface area (Å²) in [6.07, 6.45) is 14.1. The topological polar surface area (TPSA) is 91.7 Å². The van der Waals surface area contributed by atoms with Gasteiger partial charge < -0.3 is 10.2 Å². The Hall–Kier alpha value is -1.75. The van der Waals surface area contributed by atoms with Crippen LogP contribution < -0.4 is 0 Å². The average Bonchev–Trinajstić information content (AvgIpc) is 2.94. The fourth-order valence-corrected chi connectivity index (χ4v) is 4.29. The maximum atomic E-state index is 12.2. The normalized spacial score (nSPS) is 21.0. The summed E-state index contributed by atoms with van der Waals surface area (Å²) in [5, 5.41) is 18.8. The van der Waals surface area contributed by atoms with E-state index >= 15 is 0 Å². The first-order valence-electron chi connectivity index (χ1n) is 10.8. The molecule has 2 N–H and O–H groups in total. The van der Waals surface area contributed by atoms with Gasteiger partial charge in [-0.1, -0.05) is 51.0 Å². The molecule has 0 aromatic carbocycles. The molecule has 0 amide bonds. The van der Waals surface area contributed by atoms with E-state index in [9.17, 15) is 19.5 Å². The number of carboxylic acids is 1. The number of aliphatic hydroxyl groups excluding tert-OH is 1. The van der Waals surface area contributed by atoms with E-state index in [1.54, 1.807) is 6.08 Å². The predicted octanol–water partition coefficient (Wildman–Crippen LogP) is 4.53. The molecule has 0 saturated heterocycles. The van der Waals surface area contributed by atoms with Gasteiger partial charge in [-0.05, 0) is 43.3 Å². The van der Waals surface area contributed by atoms with Crippen molar-refractivity contribution in [2.75, 3.05) is 0 Å². The predicted molar refractivity (Wildman–Crippen MR) is 108 cm³/mol. The summed E-state index contributed by atoms with van der Waals surface area (Å²) in [6, 6.07) is 0. The summed E-state index contributed by atoms with van der Waals surface area (Å²) < 4.78 is 0. The number of aliphatic hydroxyl groups is 1. The molecule has 0 aromatic heterocycles. The van der Waals surface area contributed by atoms with E-state index in [4.69, 9.17) is 5.11 Å². The number of Topliss-reactive ketones (excluding diaryl/α,β-unsaturated/α-hetero) is 1. The molecule has 2 aliphatic carbocycles. The van der Waals surface area contributed by atoms with Gasteiger partial charge in [-0.2, -0.15) is 0 Å². The fourth-order valence-electron chi connectivity index (χ4n) is 4.29. The number of aliphatic carboxylic acids is 1. The lowest BCUT2D eigenvalue weighted by atomic mass is 9.85. The van der Waals surface area contributed by atoms with Gasteiger partial charge in [0.1, 0.15) is 0 Å². The van der Waals surface area contributed by atoms with Crippen LogP contribution in [0, 0.1) is 5.92 Å². The maximum absolute atomic E-state index is 12.2. The first-order chi connectivity index (χ1) is 13.5. The Labute approximate surface area is 167 Å². The van der Waals surface area contributed by atoms with Crippen LogP contribution in [0.5, 0.6) is 0 Å². The second kappa shape index (κ2) is 11.9. The zero-order chi connectivity index (χ0) is 20.4. The van der Waals surface area contributed by atoms with Gasteiger partial charge >= 0.3 is 5.97 Å². The first-order valence-corrected chi connectivity index (χ1v) is 10.8. The van der Waals surface area contributed by atoms with Gasteiger partial charge in [0.2, 0.25) is 0 Å². The highest BCUT2D eigenvalue weighted by molar-refractivity contribution is 6.00. The summed E-state index contributed by atoms with van der Waals surface area (Å²) in [6.45, 7) is 0. The molecule has 5 nitrogen and oxygen atoms in total. The molecule has 28 heavy (non-hydrogen) atoms. The number of hydrogen-bond donors (Lipinski definition) is 2. The van der Waals surface area contributed by atoms with Crippen LogP contribution in [0.25, 0.3) is 0 Å². The van der Waals surface area contributed by atoms with Crippen LogP contribution in [0.4, 0.5) is 0 Å². The summed E-state index contributed by atoms with van der Waals surface area (Å²) in [5.74, 6) is -0.0805.